The van der Waals surface area contributed by atoms with Gasteiger partial charge in [-0.3, -0.25) is 9.59 Å². The van der Waals surface area contributed by atoms with Gasteiger partial charge in [0.2, 0.25) is 0 Å². The number of hydrogen-bond acceptors (Lipinski definition) is 4. The maximum Gasteiger partial charge on any atom is 0.261 e. The van der Waals surface area contributed by atoms with Crippen molar-refractivity contribution in [2.24, 2.45) is 0 Å². The Morgan fingerprint density at radius 1 is 1.09 bits per heavy atom. The Bertz CT molecular complexity index is 641. The summed E-state index contributed by atoms with van der Waals surface area (Å²) in [6.07, 6.45) is 0.674. The van der Waals surface area contributed by atoms with Gasteiger partial charge in [-0.1, -0.05) is 24.3 Å². The summed E-state index contributed by atoms with van der Waals surface area (Å²) in [6.45, 7) is 2.95. The smallest absolute Gasteiger partial charge is 0.261 e. The van der Waals surface area contributed by atoms with Crippen LogP contribution in [0.1, 0.15) is 21.7 Å². The quantitative estimate of drug-likeness (QED) is 0.729. The lowest BCUT2D eigenvalue weighted by Gasteiger charge is -2.09. The lowest BCUT2D eigenvalue weighted by Crippen LogP contribution is -2.32. The molecule has 1 aromatic heterocycles. The van der Waals surface area contributed by atoms with Crippen molar-refractivity contribution >= 4 is 23.2 Å². The Morgan fingerprint density at radius 3 is 2.61 bits per heavy atom. The van der Waals surface area contributed by atoms with Crippen LogP contribution in [-0.2, 0) is 4.79 Å². The molecule has 1 aromatic carbocycles. The molecule has 122 valence electrons. The first-order valence-electron chi connectivity index (χ1n) is 7.43. The van der Waals surface area contributed by atoms with Gasteiger partial charge in [-0.05, 0) is 36.4 Å². The molecule has 2 aromatic rings. The maximum absolute atomic E-state index is 11.7. The van der Waals surface area contributed by atoms with Gasteiger partial charge in [0, 0.05) is 13.1 Å². The van der Waals surface area contributed by atoms with Crippen molar-refractivity contribution in [2.45, 2.75) is 13.3 Å². The van der Waals surface area contributed by atoms with Crippen LogP contribution >= 0.6 is 11.3 Å². The second-order valence-corrected chi connectivity index (χ2v) is 5.94. The van der Waals surface area contributed by atoms with E-state index >= 15 is 0 Å². The van der Waals surface area contributed by atoms with Crippen molar-refractivity contribution in [1.29, 1.82) is 0 Å². The predicted molar refractivity (Wildman–Crippen MR) is 91.0 cm³/mol. The first-order valence-corrected chi connectivity index (χ1v) is 8.31. The van der Waals surface area contributed by atoms with Crippen molar-refractivity contribution in [2.75, 3.05) is 19.7 Å². The summed E-state index contributed by atoms with van der Waals surface area (Å²) in [5, 5.41) is 7.45. The average Bonchev–Trinajstić information content (AvgIpc) is 3.08. The zero-order valence-corrected chi connectivity index (χ0v) is 13.8. The lowest BCUT2D eigenvalue weighted by atomic mass is 10.2. The SMILES string of the molecule is Cc1ccccc1OCC(=O)NCCCNC(=O)c1cccs1. The fraction of sp³-hybridized carbons (Fsp3) is 0.294. The van der Waals surface area contributed by atoms with E-state index in [0.29, 0.717) is 30.1 Å². The van der Waals surface area contributed by atoms with E-state index in [1.165, 1.54) is 11.3 Å². The number of hydrogen-bond donors (Lipinski definition) is 2. The highest BCUT2D eigenvalue weighted by Crippen LogP contribution is 2.15. The van der Waals surface area contributed by atoms with E-state index in [1.54, 1.807) is 6.07 Å². The van der Waals surface area contributed by atoms with Gasteiger partial charge in [0.15, 0.2) is 6.61 Å². The maximum atomic E-state index is 11.7. The number of carbonyl (C=O) groups is 2. The Balaban J connectivity index is 1.56. The standard InChI is InChI=1S/C17H20N2O3S/c1-13-6-2-3-7-14(13)22-12-16(20)18-9-5-10-19-17(21)15-8-4-11-23-15/h2-4,6-8,11H,5,9-10,12H2,1H3,(H,18,20)(H,19,21). The van der Waals surface area contributed by atoms with Crippen molar-refractivity contribution in [1.82, 2.24) is 10.6 Å². The predicted octanol–water partition coefficient (Wildman–Crippen LogP) is 2.37. The average molecular weight is 332 g/mol. The van der Waals surface area contributed by atoms with Gasteiger partial charge < -0.3 is 15.4 Å². The lowest BCUT2D eigenvalue weighted by molar-refractivity contribution is -0.123. The number of rotatable bonds is 8. The number of aryl methyl sites for hydroxylation is 1. The van der Waals surface area contributed by atoms with Gasteiger partial charge in [0.25, 0.3) is 11.8 Å². The van der Waals surface area contributed by atoms with Crippen LogP contribution < -0.4 is 15.4 Å². The van der Waals surface area contributed by atoms with Gasteiger partial charge in [0.1, 0.15) is 5.75 Å². The molecular formula is C17H20N2O3S. The molecule has 0 radical (unpaired) electrons. The minimum Gasteiger partial charge on any atom is -0.484 e. The summed E-state index contributed by atoms with van der Waals surface area (Å²) in [7, 11) is 0. The van der Waals surface area contributed by atoms with E-state index in [2.05, 4.69) is 10.6 Å². The van der Waals surface area contributed by atoms with Gasteiger partial charge >= 0.3 is 0 Å². The first-order chi connectivity index (χ1) is 11.2. The van der Waals surface area contributed by atoms with Crippen LogP contribution in [0.15, 0.2) is 41.8 Å². The molecule has 0 aliphatic heterocycles. The second-order valence-electron chi connectivity index (χ2n) is 4.99. The molecule has 2 amide bonds. The summed E-state index contributed by atoms with van der Waals surface area (Å²) in [5.41, 5.74) is 0.997. The number of carbonyl (C=O) groups excluding carboxylic acids is 2. The molecule has 6 heteroatoms. The van der Waals surface area contributed by atoms with Gasteiger partial charge in [0.05, 0.1) is 4.88 Å². The Labute approximate surface area is 139 Å². The molecule has 0 spiro atoms. The highest BCUT2D eigenvalue weighted by molar-refractivity contribution is 7.12. The van der Waals surface area contributed by atoms with E-state index in [9.17, 15) is 9.59 Å². The summed E-state index contributed by atoms with van der Waals surface area (Å²) >= 11 is 1.41. The normalized spacial score (nSPS) is 10.1. The van der Waals surface area contributed by atoms with Gasteiger partial charge in [-0.15, -0.1) is 11.3 Å². The molecule has 0 aliphatic carbocycles. The summed E-state index contributed by atoms with van der Waals surface area (Å²) in [4.78, 5) is 24.1. The largest absolute Gasteiger partial charge is 0.484 e. The Morgan fingerprint density at radius 2 is 1.87 bits per heavy atom. The molecule has 2 rings (SSSR count). The topological polar surface area (TPSA) is 67.4 Å². The molecular weight excluding hydrogens is 312 g/mol. The highest BCUT2D eigenvalue weighted by atomic mass is 32.1. The van der Waals surface area contributed by atoms with E-state index in [1.807, 2.05) is 42.6 Å². The number of benzene rings is 1. The van der Waals surface area contributed by atoms with E-state index < -0.39 is 0 Å². The Hall–Kier alpha value is -2.34. The first kappa shape index (κ1) is 17.0. The van der Waals surface area contributed by atoms with Crippen molar-refractivity contribution in [3.05, 3.63) is 52.2 Å². The van der Waals surface area contributed by atoms with Gasteiger partial charge in [-0.25, -0.2) is 0 Å². The van der Waals surface area contributed by atoms with E-state index in [0.717, 1.165) is 5.56 Å². The third-order valence-electron chi connectivity index (χ3n) is 3.16. The molecule has 0 saturated carbocycles. The van der Waals surface area contributed by atoms with Crippen LogP contribution in [0.5, 0.6) is 5.75 Å². The zero-order valence-electron chi connectivity index (χ0n) is 13.0. The third-order valence-corrected chi connectivity index (χ3v) is 4.03. The fourth-order valence-electron chi connectivity index (χ4n) is 1.93. The summed E-state index contributed by atoms with van der Waals surface area (Å²) in [6, 6.07) is 11.2. The number of thiophene rings is 1. The molecule has 23 heavy (non-hydrogen) atoms. The van der Waals surface area contributed by atoms with Crippen LogP contribution in [-0.4, -0.2) is 31.5 Å². The molecule has 0 saturated heterocycles. The summed E-state index contributed by atoms with van der Waals surface area (Å²) in [5.74, 6) is 0.470. The number of para-hydroxylation sites is 1. The molecule has 2 N–H and O–H groups in total. The van der Waals surface area contributed by atoms with Crippen molar-refractivity contribution < 1.29 is 14.3 Å². The van der Waals surface area contributed by atoms with Crippen LogP contribution in [0.3, 0.4) is 0 Å². The van der Waals surface area contributed by atoms with E-state index in [4.69, 9.17) is 4.74 Å². The van der Waals surface area contributed by atoms with Crippen LogP contribution in [0.25, 0.3) is 0 Å². The molecule has 0 atom stereocenters. The molecule has 0 fully saturated rings. The minimum absolute atomic E-state index is 0.00753. The molecule has 0 aliphatic rings. The molecule has 0 unspecified atom stereocenters. The number of nitrogens with one attached hydrogen (secondary N) is 2. The number of ether oxygens (including phenoxy) is 1. The van der Waals surface area contributed by atoms with Crippen LogP contribution in [0.4, 0.5) is 0 Å². The second kappa shape index (κ2) is 8.95. The zero-order chi connectivity index (χ0) is 16.5. The molecule has 1 heterocycles. The van der Waals surface area contributed by atoms with Gasteiger partial charge in [-0.2, -0.15) is 0 Å². The number of amides is 2. The monoisotopic (exact) mass is 332 g/mol. The molecule has 5 nitrogen and oxygen atoms in total. The fourth-order valence-corrected chi connectivity index (χ4v) is 2.57. The summed E-state index contributed by atoms with van der Waals surface area (Å²) < 4.78 is 5.46. The van der Waals surface area contributed by atoms with Crippen molar-refractivity contribution in [3.63, 3.8) is 0 Å². The highest BCUT2D eigenvalue weighted by Gasteiger charge is 2.06. The van der Waals surface area contributed by atoms with Crippen LogP contribution in [0.2, 0.25) is 0 Å². The third kappa shape index (κ3) is 5.75. The van der Waals surface area contributed by atoms with Crippen LogP contribution in [0, 0.1) is 6.92 Å². The molecule has 0 bridgehead atoms. The minimum atomic E-state index is -0.169. The van der Waals surface area contributed by atoms with E-state index in [-0.39, 0.29) is 18.4 Å². The Kier molecular flexibility index (Phi) is 6.62. The van der Waals surface area contributed by atoms with Crippen molar-refractivity contribution in [3.8, 4) is 5.75 Å².